The molecular weight excluding hydrogens is 330 g/mol. The molecule has 0 aliphatic rings. The molecule has 6 heteroatoms. The average Bonchev–Trinajstić information content (AvgIpc) is 2.93. The first-order chi connectivity index (χ1) is 10.4. The molecule has 0 spiro atoms. The van der Waals surface area contributed by atoms with Crippen molar-refractivity contribution >= 4 is 29.7 Å². The Morgan fingerprint density at radius 1 is 1.30 bits per heavy atom. The van der Waals surface area contributed by atoms with E-state index in [4.69, 9.17) is 5.73 Å². The number of hydrogen-bond donors (Lipinski definition) is 2. The van der Waals surface area contributed by atoms with E-state index in [0.29, 0.717) is 13.0 Å². The number of benzene rings is 1. The zero-order chi connectivity index (χ0) is 16.2. The molecular formula is C17H24ClN3OS. The summed E-state index contributed by atoms with van der Waals surface area (Å²) < 4.78 is 0. The molecule has 2 rings (SSSR count). The van der Waals surface area contributed by atoms with Crippen LogP contribution >= 0.6 is 23.7 Å². The van der Waals surface area contributed by atoms with Crippen LogP contribution in [0.4, 0.5) is 0 Å². The standard InChI is InChI=1S/C17H23N3OS.ClH/c1-4-12-5-7-13(8-6-12)16-20-14(10-22-16)9-15(21)19-11-17(2,3)18;/h5-8,10H,4,9,11,18H2,1-3H3,(H,19,21);1H. The summed E-state index contributed by atoms with van der Waals surface area (Å²) in [5.74, 6) is -0.0447. The Bertz CT molecular complexity index is 632. The van der Waals surface area contributed by atoms with Crippen LogP contribution in [0.5, 0.6) is 0 Å². The fraction of sp³-hybridized carbons (Fsp3) is 0.412. The monoisotopic (exact) mass is 353 g/mol. The van der Waals surface area contributed by atoms with Gasteiger partial charge in [0.05, 0.1) is 12.1 Å². The highest BCUT2D eigenvalue weighted by atomic mass is 35.5. The summed E-state index contributed by atoms with van der Waals surface area (Å²) in [6, 6.07) is 8.40. The third kappa shape index (κ3) is 6.29. The third-order valence-corrected chi connectivity index (χ3v) is 4.18. The number of carbonyl (C=O) groups is 1. The quantitative estimate of drug-likeness (QED) is 0.838. The Balaban J connectivity index is 0.00000264. The van der Waals surface area contributed by atoms with Crippen molar-refractivity contribution in [2.75, 3.05) is 6.54 Å². The van der Waals surface area contributed by atoms with Crippen molar-refractivity contribution in [3.63, 3.8) is 0 Å². The lowest BCUT2D eigenvalue weighted by atomic mass is 10.1. The largest absolute Gasteiger partial charge is 0.354 e. The number of nitrogens with two attached hydrogens (primary N) is 1. The molecule has 4 nitrogen and oxygen atoms in total. The van der Waals surface area contributed by atoms with Crippen molar-refractivity contribution in [1.29, 1.82) is 0 Å². The van der Waals surface area contributed by atoms with Crippen LogP contribution in [0, 0.1) is 0 Å². The first kappa shape index (κ1) is 19.6. The highest BCUT2D eigenvalue weighted by Crippen LogP contribution is 2.24. The van der Waals surface area contributed by atoms with E-state index in [1.807, 2.05) is 19.2 Å². The number of aryl methyl sites for hydroxylation is 1. The van der Waals surface area contributed by atoms with Crippen molar-refractivity contribution in [2.24, 2.45) is 5.73 Å². The Kier molecular flexibility index (Phi) is 7.19. The number of carbonyl (C=O) groups excluding carboxylic acids is 1. The van der Waals surface area contributed by atoms with Crippen molar-refractivity contribution in [2.45, 2.75) is 39.2 Å². The number of aromatic nitrogens is 1. The molecule has 0 bridgehead atoms. The van der Waals surface area contributed by atoms with Gasteiger partial charge in [-0.2, -0.15) is 0 Å². The van der Waals surface area contributed by atoms with Crippen LogP contribution in [0.15, 0.2) is 29.6 Å². The van der Waals surface area contributed by atoms with Gasteiger partial charge in [0.2, 0.25) is 5.91 Å². The third-order valence-electron chi connectivity index (χ3n) is 3.24. The molecule has 0 aliphatic carbocycles. The Morgan fingerprint density at radius 3 is 2.52 bits per heavy atom. The van der Waals surface area contributed by atoms with Gasteiger partial charge in [-0.15, -0.1) is 23.7 Å². The first-order valence-corrected chi connectivity index (χ1v) is 8.34. The molecule has 1 aromatic heterocycles. The molecule has 0 fully saturated rings. The summed E-state index contributed by atoms with van der Waals surface area (Å²) in [4.78, 5) is 16.4. The maximum absolute atomic E-state index is 11.9. The van der Waals surface area contributed by atoms with Crippen LogP contribution in [0.3, 0.4) is 0 Å². The van der Waals surface area contributed by atoms with Crippen molar-refractivity contribution in [3.8, 4) is 10.6 Å². The van der Waals surface area contributed by atoms with Crippen LogP contribution in [0.2, 0.25) is 0 Å². The second-order valence-corrected chi connectivity index (χ2v) is 6.99. The number of hydrogen-bond acceptors (Lipinski definition) is 4. The number of nitrogens with zero attached hydrogens (tertiary/aromatic N) is 1. The normalized spacial score (nSPS) is 11.0. The van der Waals surface area contributed by atoms with E-state index < -0.39 is 5.54 Å². The molecule has 126 valence electrons. The molecule has 3 N–H and O–H groups in total. The highest BCUT2D eigenvalue weighted by molar-refractivity contribution is 7.13. The number of rotatable bonds is 6. The molecule has 2 aromatic rings. The van der Waals surface area contributed by atoms with Crippen molar-refractivity contribution in [3.05, 3.63) is 40.9 Å². The van der Waals surface area contributed by atoms with Crippen LogP contribution in [-0.2, 0) is 17.6 Å². The van der Waals surface area contributed by atoms with Crippen molar-refractivity contribution < 1.29 is 4.79 Å². The summed E-state index contributed by atoms with van der Waals surface area (Å²) in [6.07, 6.45) is 1.32. The minimum Gasteiger partial charge on any atom is -0.354 e. The fourth-order valence-electron chi connectivity index (χ4n) is 1.96. The van der Waals surface area contributed by atoms with Crippen LogP contribution < -0.4 is 11.1 Å². The Morgan fingerprint density at radius 2 is 1.96 bits per heavy atom. The second-order valence-electron chi connectivity index (χ2n) is 6.14. The van der Waals surface area contributed by atoms with Crippen LogP contribution in [0.1, 0.15) is 32.0 Å². The predicted octanol–water partition coefficient (Wildman–Crippen LogP) is 3.19. The average molecular weight is 354 g/mol. The second kappa shape index (κ2) is 8.43. The smallest absolute Gasteiger partial charge is 0.226 e. The predicted molar refractivity (Wildman–Crippen MR) is 99.2 cm³/mol. The lowest BCUT2D eigenvalue weighted by Gasteiger charge is -2.18. The Labute approximate surface area is 147 Å². The number of thiazole rings is 1. The van der Waals surface area contributed by atoms with Gasteiger partial charge in [0, 0.05) is 23.0 Å². The summed E-state index contributed by atoms with van der Waals surface area (Å²) in [5.41, 5.74) is 8.66. The summed E-state index contributed by atoms with van der Waals surface area (Å²) in [7, 11) is 0. The number of halogens is 1. The van der Waals surface area contributed by atoms with Gasteiger partial charge < -0.3 is 11.1 Å². The van der Waals surface area contributed by atoms with E-state index in [0.717, 1.165) is 22.7 Å². The number of amides is 1. The maximum Gasteiger partial charge on any atom is 0.226 e. The topological polar surface area (TPSA) is 68.0 Å². The summed E-state index contributed by atoms with van der Waals surface area (Å²) in [5, 5.41) is 5.73. The van der Waals surface area contributed by atoms with Gasteiger partial charge >= 0.3 is 0 Å². The van der Waals surface area contributed by atoms with Gasteiger partial charge in [-0.3, -0.25) is 4.79 Å². The summed E-state index contributed by atoms with van der Waals surface area (Å²) >= 11 is 1.57. The molecule has 23 heavy (non-hydrogen) atoms. The van der Waals surface area contributed by atoms with E-state index in [1.54, 1.807) is 11.3 Å². The van der Waals surface area contributed by atoms with E-state index >= 15 is 0 Å². The maximum atomic E-state index is 11.9. The minimum atomic E-state index is -0.399. The molecule has 0 saturated heterocycles. The molecule has 0 aliphatic heterocycles. The molecule has 0 unspecified atom stereocenters. The molecule has 1 amide bonds. The van der Waals surface area contributed by atoms with E-state index in [2.05, 4.69) is 41.5 Å². The first-order valence-electron chi connectivity index (χ1n) is 7.46. The minimum absolute atomic E-state index is 0. The van der Waals surface area contributed by atoms with Gasteiger partial charge in [0.1, 0.15) is 5.01 Å². The zero-order valence-electron chi connectivity index (χ0n) is 13.8. The molecule has 0 radical (unpaired) electrons. The van der Waals surface area contributed by atoms with Gasteiger partial charge in [-0.1, -0.05) is 31.2 Å². The molecule has 0 atom stereocenters. The van der Waals surface area contributed by atoms with Gasteiger partial charge in [-0.05, 0) is 25.8 Å². The van der Waals surface area contributed by atoms with Crippen molar-refractivity contribution in [1.82, 2.24) is 10.3 Å². The van der Waals surface area contributed by atoms with Gasteiger partial charge in [0.25, 0.3) is 0 Å². The van der Waals surface area contributed by atoms with Gasteiger partial charge in [0.15, 0.2) is 0 Å². The summed E-state index contributed by atoms with van der Waals surface area (Å²) in [6.45, 7) is 6.36. The SMILES string of the molecule is CCc1ccc(-c2nc(CC(=O)NCC(C)(C)N)cs2)cc1.Cl. The lowest BCUT2D eigenvalue weighted by molar-refractivity contribution is -0.120. The molecule has 0 saturated carbocycles. The van der Waals surface area contributed by atoms with E-state index in [9.17, 15) is 4.79 Å². The fourth-order valence-corrected chi connectivity index (χ4v) is 2.78. The highest BCUT2D eigenvalue weighted by Gasteiger charge is 2.14. The van der Waals surface area contributed by atoms with E-state index in [1.165, 1.54) is 5.56 Å². The zero-order valence-corrected chi connectivity index (χ0v) is 15.4. The van der Waals surface area contributed by atoms with E-state index in [-0.39, 0.29) is 18.3 Å². The van der Waals surface area contributed by atoms with Crippen LogP contribution in [0.25, 0.3) is 10.6 Å². The lowest BCUT2D eigenvalue weighted by Crippen LogP contribution is -2.45. The molecule has 1 heterocycles. The van der Waals surface area contributed by atoms with Gasteiger partial charge in [-0.25, -0.2) is 4.98 Å². The Hall–Kier alpha value is -1.43. The molecule has 1 aromatic carbocycles. The van der Waals surface area contributed by atoms with Crippen LogP contribution in [-0.4, -0.2) is 23.0 Å². The number of nitrogens with one attached hydrogen (secondary N) is 1.